The van der Waals surface area contributed by atoms with Crippen LogP contribution < -0.4 is 0 Å². The molecule has 3 rings (SSSR count). The van der Waals surface area contributed by atoms with Gasteiger partial charge in [-0.25, -0.2) is 0 Å². The standard InChI is InChI=1S/C25H40O/c1-16-13-18-15-21(25(5,6)7)23(26-8)22(20(18)14-16)17-9-11-19(12-10-17)24(2,3)4/h9-12,16,18,20-23H,13-15H2,1-8H3. The van der Waals surface area contributed by atoms with E-state index in [0.717, 1.165) is 17.8 Å². The summed E-state index contributed by atoms with van der Waals surface area (Å²) in [6, 6.07) is 9.52. The van der Waals surface area contributed by atoms with Crippen molar-refractivity contribution in [3.05, 3.63) is 35.4 Å². The lowest BCUT2D eigenvalue weighted by Gasteiger charge is -2.49. The van der Waals surface area contributed by atoms with Gasteiger partial charge in [0.2, 0.25) is 0 Å². The summed E-state index contributed by atoms with van der Waals surface area (Å²) >= 11 is 0. The molecule has 0 saturated heterocycles. The van der Waals surface area contributed by atoms with Gasteiger partial charge in [0.1, 0.15) is 0 Å². The Hall–Kier alpha value is -0.820. The van der Waals surface area contributed by atoms with Crippen LogP contribution in [0.15, 0.2) is 24.3 Å². The van der Waals surface area contributed by atoms with E-state index in [-0.39, 0.29) is 5.41 Å². The van der Waals surface area contributed by atoms with E-state index in [4.69, 9.17) is 4.74 Å². The molecule has 146 valence electrons. The molecule has 26 heavy (non-hydrogen) atoms. The van der Waals surface area contributed by atoms with E-state index < -0.39 is 0 Å². The molecule has 0 bridgehead atoms. The van der Waals surface area contributed by atoms with E-state index >= 15 is 0 Å². The van der Waals surface area contributed by atoms with Crippen molar-refractivity contribution in [1.29, 1.82) is 0 Å². The lowest BCUT2D eigenvalue weighted by Crippen LogP contribution is -2.46. The Labute approximate surface area is 161 Å². The molecule has 2 saturated carbocycles. The second-order valence-corrected chi connectivity index (χ2v) is 11.3. The van der Waals surface area contributed by atoms with Gasteiger partial charge in [0.25, 0.3) is 0 Å². The Bertz CT molecular complexity index is 601. The first-order valence-corrected chi connectivity index (χ1v) is 10.7. The van der Waals surface area contributed by atoms with E-state index in [9.17, 15) is 0 Å². The molecular weight excluding hydrogens is 316 g/mol. The molecule has 2 aliphatic carbocycles. The second-order valence-electron chi connectivity index (χ2n) is 11.3. The van der Waals surface area contributed by atoms with Crippen LogP contribution in [-0.4, -0.2) is 13.2 Å². The molecule has 6 atom stereocenters. The van der Waals surface area contributed by atoms with Crippen LogP contribution in [0.3, 0.4) is 0 Å². The highest BCUT2D eigenvalue weighted by Gasteiger charge is 2.51. The van der Waals surface area contributed by atoms with E-state index in [1.54, 1.807) is 0 Å². The molecule has 1 aromatic rings. The Morgan fingerprint density at radius 3 is 2.00 bits per heavy atom. The van der Waals surface area contributed by atoms with Crippen LogP contribution in [0.4, 0.5) is 0 Å². The fourth-order valence-corrected chi connectivity index (χ4v) is 5.91. The number of ether oxygens (including phenoxy) is 1. The molecular formula is C25H40O. The van der Waals surface area contributed by atoms with Gasteiger partial charge < -0.3 is 4.74 Å². The van der Waals surface area contributed by atoms with Crippen molar-refractivity contribution in [2.75, 3.05) is 7.11 Å². The van der Waals surface area contributed by atoms with E-state index in [0.29, 0.717) is 23.4 Å². The van der Waals surface area contributed by atoms with E-state index in [1.807, 2.05) is 7.11 Å². The van der Waals surface area contributed by atoms with Gasteiger partial charge in [-0.15, -0.1) is 0 Å². The summed E-state index contributed by atoms with van der Waals surface area (Å²) in [5, 5.41) is 0. The maximum atomic E-state index is 6.24. The molecule has 0 aliphatic heterocycles. The third-order valence-corrected chi connectivity index (χ3v) is 7.30. The Morgan fingerprint density at radius 1 is 0.885 bits per heavy atom. The predicted octanol–water partition coefficient (Wildman–Crippen LogP) is 6.81. The minimum absolute atomic E-state index is 0.212. The zero-order chi connectivity index (χ0) is 19.3. The van der Waals surface area contributed by atoms with Crippen LogP contribution in [-0.2, 0) is 10.2 Å². The molecule has 1 nitrogen and oxygen atoms in total. The van der Waals surface area contributed by atoms with Gasteiger partial charge >= 0.3 is 0 Å². The van der Waals surface area contributed by atoms with Crippen LogP contribution in [0.25, 0.3) is 0 Å². The highest BCUT2D eigenvalue weighted by molar-refractivity contribution is 5.32. The lowest BCUT2D eigenvalue weighted by atomic mass is 9.59. The molecule has 1 heteroatoms. The number of benzene rings is 1. The van der Waals surface area contributed by atoms with Crippen LogP contribution in [0.1, 0.15) is 84.8 Å². The summed E-state index contributed by atoms with van der Waals surface area (Å²) in [6.45, 7) is 16.6. The molecule has 1 aromatic carbocycles. The fraction of sp³-hybridized carbons (Fsp3) is 0.760. The molecule has 6 unspecified atom stereocenters. The summed E-state index contributed by atoms with van der Waals surface area (Å²) in [5.41, 5.74) is 3.43. The quantitative estimate of drug-likeness (QED) is 0.565. The predicted molar refractivity (Wildman–Crippen MR) is 112 cm³/mol. The minimum atomic E-state index is 0.212. The number of rotatable bonds is 2. The topological polar surface area (TPSA) is 9.23 Å². The van der Waals surface area contributed by atoms with Crippen LogP contribution in [0, 0.1) is 29.1 Å². The van der Waals surface area contributed by atoms with Gasteiger partial charge in [0.15, 0.2) is 0 Å². The average molecular weight is 357 g/mol. The van der Waals surface area contributed by atoms with Gasteiger partial charge in [0, 0.05) is 13.0 Å². The number of hydrogen-bond acceptors (Lipinski definition) is 1. The lowest BCUT2D eigenvalue weighted by molar-refractivity contribution is -0.0687. The summed E-state index contributed by atoms with van der Waals surface area (Å²) in [4.78, 5) is 0. The van der Waals surface area contributed by atoms with Crippen LogP contribution in [0.5, 0.6) is 0 Å². The van der Waals surface area contributed by atoms with Crippen molar-refractivity contribution in [3.8, 4) is 0 Å². The number of hydrogen-bond donors (Lipinski definition) is 0. The fourth-order valence-electron chi connectivity index (χ4n) is 5.91. The van der Waals surface area contributed by atoms with Gasteiger partial charge in [0.05, 0.1) is 6.10 Å². The summed E-state index contributed by atoms with van der Waals surface area (Å²) in [5.74, 6) is 3.69. The Kier molecular flexibility index (Phi) is 5.34. The van der Waals surface area contributed by atoms with Crippen molar-refractivity contribution < 1.29 is 4.74 Å². The largest absolute Gasteiger partial charge is 0.381 e. The monoisotopic (exact) mass is 356 g/mol. The smallest absolute Gasteiger partial charge is 0.0675 e. The SMILES string of the molecule is COC1C(c2ccc(C(C)(C)C)cc2)C2CC(C)CC2CC1C(C)(C)C. The molecule has 2 fully saturated rings. The zero-order valence-corrected chi connectivity index (χ0v) is 18.3. The number of methoxy groups -OCH3 is 1. The van der Waals surface area contributed by atoms with Crippen molar-refractivity contribution in [3.63, 3.8) is 0 Å². The first kappa shape index (κ1) is 19.9. The van der Waals surface area contributed by atoms with Crippen molar-refractivity contribution >= 4 is 0 Å². The first-order valence-electron chi connectivity index (χ1n) is 10.7. The van der Waals surface area contributed by atoms with Gasteiger partial charge in [-0.1, -0.05) is 72.7 Å². The van der Waals surface area contributed by atoms with Crippen LogP contribution >= 0.6 is 0 Å². The summed E-state index contributed by atoms with van der Waals surface area (Å²) in [6.07, 6.45) is 4.45. The van der Waals surface area contributed by atoms with Crippen LogP contribution in [0.2, 0.25) is 0 Å². The molecule has 0 spiro atoms. The molecule has 2 aliphatic rings. The molecule has 0 aromatic heterocycles. The highest BCUT2D eigenvalue weighted by Crippen LogP contribution is 2.57. The summed E-state index contributed by atoms with van der Waals surface area (Å²) < 4.78 is 6.24. The average Bonchev–Trinajstić information content (AvgIpc) is 2.91. The van der Waals surface area contributed by atoms with E-state index in [2.05, 4.69) is 72.7 Å². The minimum Gasteiger partial charge on any atom is -0.381 e. The van der Waals surface area contributed by atoms with Gasteiger partial charge in [-0.05, 0) is 64.9 Å². The maximum Gasteiger partial charge on any atom is 0.0675 e. The van der Waals surface area contributed by atoms with Crippen molar-refractivity contribution in [2.24, 2.45) is 29.1 Å². The van der Waals surface area contributed by atoms with Gasteiger partial charge in [-0.3, -0.25) is 0 Å². The Balaban J connectivity index is 1.99. The summed E-state index contributed by atoms with van der Waals surface area (Å²) in [7, 11) is 1.94. The zero-order valence-electron chi connectivity index (χ0n) is 18.3. The Morgan fingerprint density at radius 2 is 1.50 bits per heavy atom. The van der Waals surface area contributed by atoms with Crippen molar-refractivity contribution in [2.45, 2.75) is 85.2 Å². The molecule has 0 amide bonds. The highest BCUT2D eigenvalue weighted by atomic mass is 16.5. The van der Waals surface area contributed by atoms with E-state index in [1.165, 1.54) is 30.4 Å². The third-order valence-electron chi connectivity index (χ3n) is 7.30. The molecule has 0 radical (unpaired) electrons. The second kappa shape index (κ2) is 6.97. The molecule has 0 N–H and O–H groups in total. The maximum absolute atomic E-state index is 6.24. The van der Waals surface area contributed by atoms with Crippen molar-refractivity contribution in [1.82, 2.24) is 0 Å². The molecule has 0 heterocycles. The van der Waals surface area contributed by atoms with Gasteiger partial charge in [-0.2, -0.15) is 0 Å². The normalized spacial score (nSPS) is 35.4. The number of fused-ring (bicyclic) bond motifs is 1. The third kappa shape index (κ3) is 3.75. The first-order chi connectivity index (χ1) is 12.0.